The third-order valence-electron chi connectivity index (χ3n) is 12.1. The van der Waals surface area contributed by atoms with Gasteiger partial charge in [-0.15, -0.1) is 0 Å². The Balaban J connectivity index is 1.12. The van der Waals surface area contributed by atoms with Gasteiger partial charge >= 0.3 is 0 Å². The van der Waals surface area contributed by atoms with E-state index in [0.717, 1.165) is 34.1 Å². The maximum absolute atomic E-state index is 2.47. The fourth-order valence-corrected chi connectivity index (χ4v) is 9.41. The molecule has 0 bridgehead atoms. The molecule has 0 amide bonds. The van der Waals surface area contributed by atoms with Crippen LogP contribution in [0, 0.1) is 0 Å². The van der Waals surface area contributed by atoms with Crippen molar-refractivity contribution in [2.75, 3.05) is 9.80 Å². The van der Waals surface area contributed by atoms with Crippen LogP contribution in [0.5, 0.6) is 0 Å². The molecule has 0 heterocycles. The molecule has 0 saturated carbocycles. The second kappa shape index (κ2) is 13.0. The van der Waals surface area contributed by atoms with Crippen LogP contribution in [0.15, 0.2) is 206 Å². The van der Waals surface area contributed by atoms with Gasteiger partial charge in [0.05, 0.1) is 5.69 Å². The van der Waals surface area contributed by atoms with Crippen LogP contribution in [0.1, 0.15) is 25.0 Å². The topological polar surface area (TPSA) is 6.48 Å². The largest absolute Gasteiger partial charge is 0.310 e. The molecule has 0 fully saturated rings. The number of fused-ring (bicyclic) bond motifs is 9. The molecule has 1 aliphatic carbocycles. The lowest BCUT2D eigenvalue weighted by Gasteiger charge is -2.30. The van der Waals surface area contributed by atoms with Gasteiger partial charge in [-0.2, -0.15) is 0 Å². The number of anilines is 6. The van der Waals surface area contributed by atoms with Crippen LogP contribution in [0.4, 0.5) is 34.1 Å². The first-order chi connectivity index (χ1) is 28.0. The summed E-state index contributed by atoms with van der Waals surface area (Å²) in [7, 11) is 0. The molecule has 0 N–H and O–H groups in total. The van der Waals surface area contributed by atoms with Crippen LogP contribution in [0.2, 0.25) is 0 Å². The quantitative estimate of drug-likeness (QED) is 0.157. The monoisotopic (exact) mass is 728 g/mol. The summed E-state index contributed by atoms with van der Waals surface area (Å²) in [5, 5.41) is 10.0. The van der Waals surface area contributed by atoms with Crippen molar-refractivity contribution in [3.05, 3.63) is 217 Å². The third kappa shape index (κ3) is 5.33. The van der Waals surface area contributed by atoms with Crippen LogP contribution in [0.25, 0.3) is 54.2 Å². The van der Waals surface area contributed by atoms with Crippen LogP contribution in [-0.2, 0) is 5.41 Å². The first-order valence-corrected chi connectivity index (χ1v) is 19.8. The summed E-state index contributed by atoms with van der Waals surface area (Å²) in [6.45, 7) is 4.73. The molecule has 1 aliphatic rings. The first-order valence-electron chi connectivity index (χ1n) is 19.8. The van der Waals surface area contributed by atoms with Crippen molar-refractivity contribution in [2.45, 2.75) is 19.3 Å². The van der Waals surface area contributed by atoms with Crippen molar-refractivity contribution >= 4 is 77.2 Å². The van der Waals surface area contributed by atoms with E-state index in [0.29, 0.717) is 0 Å². The van der Waals surface area contributed by atoms with E-state index in [2.05, 4.69) is 230 Å². The van der Waals surface area contributed by atoms with Crippen LogP contribution in [0.3, 0.4) is 0 Å². The molecule has 10 aromatic carbocycles. The van der Waals surface area contributed by atoms with Gasteiger partial charge in [0.25, 0.3) is 0 Å². The molecule has 2 nitrogen and oxygen atoms in total. The Morgan fingerprint density at radius 2 is 0.877 bits per heavy atom. The van der Waals surface area contributed by atoms with Crippen molar-refractivity contribution < 1.29 is 0 Å². The summed E-state index contributed by atoms with van der Waals surface area (Å²) >= 11 is 0. The second-order valence-electron chi connectivity index (χ2n) is 15.8. The zero-order chi connectivity index (χ0) is 38.1. The minimum Gasteiger partial charge on any atom is -0.310 e. The number of nitrogens with zero attached hydrogens (tertiary/aromatic N) is 2. The number of rotatable bonds is 6. The number of hydrogen-bond acceptors (Lipinski definition) is 2. The van der Waals surface area contributed by atoms with Gasteiger partial charge in [0.1, 0.15) is 0 Å². The molecule has 11 rings (SSSR count). The van der Waals surface area contributed by atoms with Crippen LogP contribution >= 0.6 is 0 Å². The minimum absolute atomic E-state index is 0.0696. The molecular formula is C55H40N2. The van der Waals surface area contributed by atoms with Gasteiger partial charge in [-0.25, -0.2) is 0 Å². The van der Waals surface area contributed by atoms with Gasteiger partial charge in [0.15, 0.2) is 0 Å². The average Bonchev–Trinajstić information content (AvgIpc) is 3.49. The summed E-state index contributed by atoms with van der Waals surface area (Å²) < 4.78 is 0. The highest BCUT2D eigenvalue weighted by Crippen LogP contribution is 2.52. The molecular weight excluding hydrogens is 689 g/mol. The van der Waals surface area contributed by atoms with Crippen molar-refractivity contribution in [2.24, 2.45) is 0 Å². The summed E-state index contributed by atoms with van der Waals surface area (Å²) in [4.78, 5) is 4.81. The minimum atomic E-state index is -0.0696. The molecule has 0 unspecified atom stereocenters. The normalized spacial score (nSPS) is 12.9. The molecule has 0 aromatic heterocycles. The molecule has 0 saturated heterocycles. The van der Waals surface area contributed by atoms with Crippen molar-refractivity contribution in [1.82, 2.24) is 0 Å². The predicted molar refractivity (Wildman–Crippen MR) is 243 cm³/mol. The maximum atomic E-state index is 2.47. The van der Waals surface area contributed by atoms with E-state index < -0.39 is 0 Å². The van der Waals surface area contributed by atoms with E-state index in [1.807, 2.05) is 0 Å². The van der Waals surface area contributed by atoms with Crippen molar-refractivity contribution in [1.29, 1.82) is 0 Å². The van der Waals surface area contributed by atoms with Crippen molar-refractivity contribution in [3.8, 4) is 11.1 Å². The second-order valence-corrected chi connectivity index (χ2v) is 15.8. The van der Waals surface area contributed by atoms with E-state index in [1.54, 1.807) is 0 Å². The van der Waals surface area contributed by atoms with Gasteiger partial charge in [0, 0.05) is 39.2 Å². The number of hydrogen-bond donors (Lipinski definition) is 0. The lowest BCUT2D eigenvalue weighted by atomic mass is 9.81. The Labute approximate surface area is 333 Å². The van der Waals surface area contributed by atoms with Gasteiger partial charge in [-0.3, -0.25) is 0 Å². The molecule has 0 spiro atoms. The summed E-state index contributed by atoms with van der Waals surface area (Å²) in [6, 6.07) is 75.7. The van der Waals surface area contributed by atoms with Gasteiger partial charge in [0.2, 0.25) is 0 Å². The molecule has 57 heavy (non-hydrogen) atoms. The highest BCUT2D eigenvalue weighted by molar-refractivity contribution is 6.16. The Kier molecular flexibility index (Phi) is 7.55. The van der Waals surface area contributed by atoms with E-state index in [9.17, 15) is 0 Å². The van der Waals surface area contributed by atoms with E-state index in [4.69, 9.17) is 0 Å². The maximum Gasteiger partial charge on any atom is 0.0546 e. The zero-order valence-corrected chi connectivity index (χ0v) is 32.0. The van der Waals surface area contributed by atoms with E-state index in [-0.39, 0.29) is 5.41 Å². The Morgan fingerprint density at radius 1 is 0.298 bits per heavy atom. The standard InChI is InChI=1S/C55H40N2/c1-55(2)52-27-14-13-25-48(52)51-33-39-34-54(49-26-12-11-24-47(49)50(39)36-53(51)55)57(41-19-7-4-8-20-41)43-22-15-21-42(35-43)56(40-17-5-3-6-18-40)44-30-31-46-38(32-44)29-28-37-16-9-10-23-45(37)46/h3-36H,1-2H3. The Morgan fingerprint density at radius 3 is 1.67 bits per heavy atom. The van der Waals surface area contributed by atoms with Gasteiger partial charge in [-0.1, -0.05) is 147 Å². The lowest BCUT2D eigenvalue weighted by Crippen LogP contribution is -2.15. The molecule has 0 radical (unpaired) electrons. The number of para-hydroxylation sites is 2. The molecule has 0 aliphatic heterocycles. The molecule has 10 aromatic rings. The first kappa shape index (κ1) is 33.2. The third-order valence-corrected chi connectivity index (χ3v) is 12.1. The SMILES string of the molecule is CC1(C)c2ccccc2-c2cc3cc(N(c4ccccc4)c4cccc(N(c5ccccc5)c5ccc6c(ccc7ccccc76)c5)c4)c4ccccc4c3cc21. The highest BCUT2D eigenvalue weighted by atomic mass is 15.2. The van der Waals surface area contributed by atoms with Crippen LogP contribution in [-0.4, -0.2) is 0 Å². The number of benzene rings is 10. The predicted octanol–water partition coefficient (Wildman–Crippen LogP) is 15.5. The van der Waals surface area contributed by atoms with Gasteiger partial charge in [-0.05, 0) is 133 Å². The van der Waals surface area contributed by atoms with E-state index in [1.165, 1.54) is 65.3 Å². The summed E-state index contributed by atoms with van der Waals surface area (Å²) in [6.07, 6.45) is 0. The smallest absolute Gasteiger partial charge is 0.0546 e. The molecule has 0 atom stereocenters. The Bertz CT molecular complexity index is 3160. The molecule has 270 valence electrons. The zero-order valence-electron chi connectivity index (χ0n) is 32.0. The van der Waals surface area contributed by atoms with Gasteiger partial charge < -0.3 is 9.80 Å². The van der Waals surface area contributed by atoms with Crippen LogP contribution < -0.4 is 9.80 Å². The highest BCUT2D eigenvalue weighted by Gasteiger charge is 2.35. The Hall–Kier alpha value is -7.16. The van der Waals surface area contributed by atoms with E-state index >= 15 is 0 Å². The average molecular weight is 729 g/mol. The fraction of sp³-hybridized carbons (Fsp3) is 0.0545. The summed E-state index contributed by atoms with van der Waals surface area (Å²) in [5.74, 6) is 0. The lowest BCUT2D eigenvalue weighted by molar-refractivity contribution is 0.661. The fourth-order valence-electron chi connectivity index (χ4n) is 9.41. The van der Waals surface area contributed by atoms with Crippen molar-refractivity contribution in [3.63, 3.8) is 0 Å². The summed E-state index contributed by atoms with van der Waals surface area (Å²) in [5.41, 5.74) is 12.0. The molecule has 2 heteroatoms.